The third kappa shape index (κ3) is 3.35. The number of nitrogen functional groups attached to an aromatic ring is 1. The molecule has 0 saturated carbocycles. The normalized spacial score (nSPS) is 14.8. The van der Waals surface area contributed by atoms with Crippen molar-refractivity contribution in [2.24, 2.45) is 0 Å². The van der Waals surface area contributed by atoms with Crippen molar-refractivity contribution < 1.29 is 9.13 Å². The molecule has 3 aromatic rings. The van der Waals surface area contributed by atoms with Crippen LogP contribution >= 0.6 is 0 Å². The highest BCUT2D eigenvalue weighted by Gasteiger charge is 2.19. The highest BCUT2D eigenvalue weighted by atomic mass is 19.1. The molecule has 0 amide bonds. The maximum Gasteiger partial charge on any atom is 0.124 e. The summed E-state index contributed by atoms with van der Waals surface area (Å²) in [5.41, 5.74) is 12.0. The van der Waals surface area contributed by atoms with Crippen LogP contribution in [0.4, 0.5) is 15.8 Å². The molecule has 1 aliphatic heterocycles. The van der Waals surface area contributed by atoms with Crippen LogP contribution in [-0.2, 0) is 11.2 Å². The number of nitrogens with zero attached hydrogens (tertiary/aromatic N) is 2. The number of fused-ring (bicyclic) bond motifs is 1. The second kappa shape index (κ2) is 6.92. The molecule has 134 valence electrons. The molecule has 0 aliphatic carbocycles. The summed E-state index contributed by atoms with van der Waals surface area (Å²) in [7, 11) is 0. The number of aromatic nitrogens is 1. The van der Waals surface area contributed by atoms with Crippen molar-refractivity contribution in [3.8, 4) is 0 Å². The summed E-state index contributed by atoms with van der Waals surface area (Å²) < 4.78 is 19.5. The molecule has 0 bridgehead atoms. The quantitative estimate of drug-likeness (QED) is 0.731. The van der Waals surface area contributed by atoms with E-state index in [-0.39, 0.29) is 5.82 Å². The molecule has 2 aromatic carbocycles. The predicted octanol–water partition coefficient (Wildman–Crippen LogP) is 3.69. The van der Waals surface area contributed by atoms with Gasteiger partial charge in [0.1, 0.15) is 5.82 Å². The average molecular weight is 351 g/mol. The zero-order valence-electron chi connectivity index (χ0n) is 14.8. The maximum atomic E-state index is 14.0. The summed E-state index contributed by atoms with van der Waals surface area (Å²) in [6.45, 7) is 4.97. The van der Waals surface area contributed by atoms with Crippen LogP contribution in [0.25, 0.3) is 10.9 Å². The number of nitrogens with two attached hydrogens (primary N) is 1. The van der Waals surface area contributed by atoms with Gasteiger partial charge in [0.15, 0.2) is 0 Å². The van der Waals surface area contributed by atoms with E-state index in [1.807, 2.05) is 25.3 Å². The van der Waals surface area contributed by atoms with Gasteiger partial charge < -0.3 is 15.4 Å². The fourth-order valence-electron chi connectivity index (χ4n) is 3.70. The number of ether oxygens (including phenoxy) is 1. The first-order valence-electron chi connectivity index (χ1n) is 8.86. The van der Waals surface area contributed by atoms with Crippen LogP contribution in [0.2, 0.25) is 0 Å². The van der Waals surface area contributed by atoms with E-state index in [9.17, 15) is 4.39 Å². The van der Waals surface area contributed by atoms with Crippen molar-refractivity contribution in [2.45, 2.75) is 13.3 Å². The zero-order valence-corrected chi connectivity index (χ0v) is 14.8. The minimum absolute atomic E-state index is 0.245. The van der Waals surface area contributed by atoms with Gasteiger partial charge in [-0.15, -0.1) is 0 Å². The maximum absolute atomic E-state index is 14.0. The number of pyridine rings is 1. The minimum Gasteiger partial charge on any atom is -0.399 e. The lowest BCUT2D eigenvalue weighted by molar-refractivity contribution is 0.123. The van der Waals surface area contributed by atoms with E-state index in [1.54, 1.807) is 12.1 Å². The van der Waals surface area contributed by atoms with Crippen LogP contribution in [0.15, 0.2) is 42.6 Å². The Morgan fingerprint density at radius 3 is 2.73 bits per heavy atom. The Kier molecular flexibility index (Phi) is 4.47. The van der Waals surface area contributed by atoms with Gasteiger partial charge in [-0.3, -0.25) is 4.98 Å². The van der Waals surface area contributed by atoms with Crippen molar-refractivity contribution >= 4 is 22.3 Å². The number of hydrogen-bond donors (Lipinski definition) is 1. The SMILES string of the molecule is Cc1cc(N)cc(Cc2cnc3ccc(F)cc3c2N2CCOCC2)c1. The second-order valence-corrected chi connectivity index (χ2v) is 6.82. The minimum atomic E-state index is -0.245. The van der Waals surface area contributed by atoms with Crippen LogP contribution in [0, 0.1) is 12.7 Å². The number of rotatable bonds is 3. The number of anilines is 2. The van der Waals surface area contributed by atoms with Crippen molar-refractivity contribution in [3.63, 3.8) is 0 Å². The molecule has 1 saturated heterocycles. The largest absolute Gasteiger partial charge is 0.399 e. The van der Waals surface area contributed by atoms with Gasteiger partial charge in [0, 0.05) is 36.8 Å². The molecule has 4 nitrogen and oxygen atoms in total. The van der Waals surface area contributed by atoms with Gasteiger partial charge in [-0.1, -0.05) is 6.07 Å². The molecule has 1 aliphatic rings. The fourth-order valence-corrected chi connectivity index (χ4v) is 3.70. The van der Waals surface area contributed by atoms with E-state index in [0.29, 0.717) is 19.6 Å². The smallest absolute Gasteiger partial charge is 0.124 e. The Morgan fingerprint density at radius 1 is 1.15 bits per heavy atom. The van der Waals surface area contributed by atoms with Crippen LogP contribution in [0.5, 0.6) is 0 Å². The first-order chi connectivity index (χ1) is 12.6. The van der Waals surface area contributed by atoms with Gasteiger partial charge in [-0.2, -0.15) is 0 Å². The first kappa shape index (κ1) is 16.8. The molecule has 5 heteroatoms. The second-order valence-electron chi connectivity index (χ2n) is 6.82. The first-order valence-corrected chi connectivity index (χ1v) is 8.86. The predicted molar refractivity (Wildman–Crippen MR) is 103 cm³/mol. The molecule has 4 rings (SSSR count). The summed E-state index contributed by atoms with van der Waals surface area (Å²) in [4.78, 5) is 6.84. The number of morpholine rings is 1. The van der Waals surface area contributed by atoms with Crippen molar-refractivity contribution in [1.29, 1.82) is 0 Å². The molecule has 0 spiro atoms. The monoisotopic (exact) mass is 351 g/mol. The lowest BCUT2D eigenvalue weighted by Crippen LogP contribution is -2.37. The molecular formula is C21H22FN3O. The van der Waals surface area contributed by atoms with Crippen LogP contribution in [0.3, 0.4) is 0 Å². The lowest BCUT2D eigenvalue weighted by atomic mass is 9.99. The van der Waals surface area contributed by atoms with Crippen LogP contribution in [0.1, 0.15) is 16.7 Å². The number of aryl methyl sites for hydroxylation is 1. The molecule has 2 N–H and O–H groups in total. The van der Waals surface area contributed by atoms with E-state index < -0.39 is 0 Å². The van der Waals surface area contributed by atoms with E-state index in [0.717, 1.165) is 52.1 Å². The van der Waals surface area contributed by atoms with E-state index in [1.165, 1.54) is 6.07 Å². The molecule has 1 aromatic heterocycles. The number of hydrogen-bond acceptors (Lipinski definition) is 4. The zero-order chi connectivity index (χ0) is 18.1. The fraction of sp³-hybridized carbons (Fsp3) is 0.286. The van der Waals surface area contributed by atoms with E-state index in [2.05, 4.69) is 16.0 Å². The highest BCUT2D eigenvalue weighted by molar-refractivity contribution is 5.93. The Labute approximate surface area is 152 Å². The molecule has 0 atom stereocenters. The average Bonchev–Trinajstić information content (AvgIpc) is 2.61. The molecule has 2 heterocycles. The van der Waals surface area contributed by atoms with Crippen LogP contribution < -0.4 is 10.6 Å². The topological polar surface area (TPSA) is 51.4 Å². The van der Waals surface area contributed by atoms with Crippen molar-refractivity contribution in [1.82, 2.24) is 4.98 Å². The lowest BCUT2D eigenvalue weighted by Gasteiger charge is -2.31. The molecule has 0 unspecified atom stereocenters. The molecule has 0 radical (unpaired) electrons. The number of halogens is 1. The van der Waals surface area contributed by atoms with Crippen LogP contribution in [-0.4, -0.2) is 31.3 Å². The Hall–Kier alpha value is -2.66. The highest BCUT2D eigenvalue weighted by Crippen LogP contribution is 2.32. The van der Waals surface area contributed by atoms with Gasteiger partial charge in [-0.25, -0.2) is 4.39 Å². The van der Waals surface area contributed by atoms with Gasteiger partial charge in [0.25, 0.3) is 0 Å². The van der Waals surface area contributed by atoms with E-state index >= 15 is 0 Å². The molecule has 1 fully saturated rings. The summed E-state index contributed by atoms with van der Waals surface area (Å²) >= 11 is 0. The van der Waals surface area contributed by atoms with E-state index in [4.69, 9.17) is 10.5 Å². The van der Waals surface area contributed by atoms with Gasteiger partial charge >= 0.3 is 0 Å². The third-order valence-corrected chi connectivity index (χ3v) is 4.76. The summed E-state index contributed by atoms with van der Waals surface area (Å²) in [6, 6.07) is 10.9. The Balaban J connectivity index is 1.84. The third-order valence-electron chi connectivity index (χ3n) is 4.76. The molecular weight excluding hydrogens is 329 g/mol. The van der Waals surface area contributed by atoms with Crippen molar-refractivity contribution in [3.05, 3.63) is 65.1 Å². The van der Waals surface area contributed by atoms with Crippen molar-refractivity contribution in [2.75, 3.05) is 36.9 Å². The Morgan fingerprint density at radius 2 is 1.96 bits per heavy atom. The summed E-state index contributed by atoms with van der Waals surface area (Å²) in [5, 5.41) is 0.852. The number of benzene rings is 2. The molecule has 26 heavy (non-hydrogen) atoms. The summed E-state index contributed by atoms with van der Waals surface area (Å²) in [6.07, 6.45) is 2.61. The summed E-state index contributed by atoms with van der Waals surface area (Å²) in [5.74, 6) is -0.245. The van der Waals surface area contributed by atoms with Gasteiger partial charge in [-0.05, 0) is 53.9 Å². The Bertz CT molecular complexity index is 931. The standard InChI is InChI=1S/C21H22FN3O/c1-14-8-15(11-18(23)9-14)10-16-13-24-20-3-2-17(22)12-19(20)21(16)25-4-6-26-7-5-25/h2-3,8-9,11-13H,4-7,10,23H2,1H3. The van der Waals surface area contributed by atoms with Gasteiger partial charge in [0.2, 0.25) is 0 Å². The van der Waals surface area contributed by atoms with Gasteiger partial charge in [0.05, 0.1) is 24.4 Å².